The molecule has 252 valence electrons. The molecule has 2 rings (SSSR count). The number of ether oxygens (including phenoxy) is 6. The van der Waals surface area contributed by atoms with E-state index in [2.05, 4.69) is 39.3 Å². The van der Waals surface area contributed by atoms with Gasteiger partial charge >= 0.3 is 11.9 Å². The molecule has 0 aromatic heterocycles. The van der Waals surface area contributed by atoms with E-state index in [1.54, 1.807) is 0 Å². The third-order valence-corrected chi connectivity index (χ3v) is 22.6. The molecule has 2 aliphatic heterocycles. The minimum atomic E-state index is -1.80. The zero-order valence-corrected chi connectivity index (χ0v) is 31.2. The first-order valence-electron chi connectivity index (χ1n) is 16.8. The molecule has 2 saturated heterocycles. The van der Waals surface area contributed by atoms with E-state index < -0.39 is 24.7 Å². The lowest BCUT2D eigenvalue weighted by Crippen LogP contribution is -2.49. The van der Waals surface area contributed by atoms with Crippen molar-refractivity contribution in [2.24, 2.45) is 0 Å². The highest BCUT2D eigenvalue weighted by atomic mass is 28.4. The van der Waals surface area contributed by atoms with Gasteiger partial charge in [0, 0.05) is 34.1 Å². The van der Waals surface area contributed by atoms with E-state index in [0.717, 1.165) is 70.6 Å². The third kappa shape index (κ3) is 22.5. The molecule has 0 N–H and O–H groups in total. The van der Waals surface area contributed by atoms with Crippen LogP contribution < -0.4 is 0 Å². The van der Waals surface area contributed by atoms with Crippen molar-refractivity contribution >= 4 is 36.6 Å². The van der Waals surface area contributed by atoms with E-state index in [-0.39, 0.29) is 11.9 Å². The zero-order chi connectivity index (χ0) is 31.6. The first-order chi connectivity index (χ1) is 20.4. The molecule has 0 spiro atoms. The molecule has 0 bridgehead atoms. The van der Waals surface area contributed by atoms with Crippen LogP contribution in [-0.4, -0.2) is 102 Å². The predicted octanol–water partition coefficient (Wildman–Crippen LogP) is 6.48. The highest BCUT2D eigenvalue weighted by Crippen LogP contribution is 2.30. The van der Waals surface area contributed by atoms with Gasteiger partial charge in [0.25, 0.3) is 0 Å². The van der Waals surface area contributed by atoms with E-state index in [1.165, 1.54) is 11.7 Å². The number of hydrogen-bond acceptors (Lipinski definition) is 9. The molecular formula is C31H62O9Si3. The average Bonchev–Trinajstić information content (AvgIpc) is 3.83. The van der Waals surface area contributed by atoms with Gasteiger partial charge in [-0.05, 0) is 76.4 Å². The molecule has 0 aliphatic carbocycles. The Labute approximate surface area is 264 Å². The van der Waals surface area contributed by atoms with Crippen LogP contribution in [0.15, 0.2) is 0 Å². The van der Waals surface area contributed by atoms with Crippen LogP contribution in [0.5, 0.6) is 0 Å². The van der Waals surface area contributed by atoms with Gasteiger partial charge in [0.15, 0.2) is 16.6 Å². The summed E-state index contributed by atoms with van der Waals surface area (Å²) in [6.45, 7) is 19.7. The summed E-state index contributed by atoms with van der Waals surface area (Å²) in [7, 11) is -5.03. The first kappa shape index (κ1) is 38.6. The normalized spacial score (nSPS) is 18.5. The molecule has 2 atom stereocenters. The molecule has 0 radical (unpaired) electrons. The Morgan fingerprint density at radius 2 is 1.05 bits per heavy atom. The van der Waals surface area contributed by atoms with Gasteiger partial charge in [-0.3, -0.25) is 9.59 Å². The van der Waals surface area contributed by atoms with Crippen LogP contribution in [0.25, 0.3) is 0 Å². The second-order valence-electron chi connectivity index (χ2n) is 14.3. The lowest BCUT2D eigenvalue weighted by atomic mass is 10.2. The quantitative estimate of drug-likeness (QED) is 0.0403. The van der Waals surface area contributed by atoms with E-state index in [4.69, 9.17) is 32.5 Å². The van der Waals surface area contributed by atoms with E-state index in [9.17, 15) is 9.59 Å². The lowest BCUT2D eigenvalue weighted by molar-refractivity contribution is -0.144. The molecule has 9 nitrogen and oxygen atoms in total. The monoisotopic (exact) mass is 662 g/mol. The number of carbonyl (C=O) groups excluding carboxylic acids is 2. The summed E-state index contributed by atoms with van der Waals surface area (Å²) in [6, 6.07) is 2.29. The maximum atomic E-state index is 12.1. The van der Waals surface area contributed by atoms with Crippen molar-refractivity contribution in [1.29, 1.82) is 0 Å². The predicted molar refractivity (Wildman–Crippen MR) is 177 cm³/mol. The van der Waals surface area contributed by atoms with Crippen LogP contribution in [-0.2, 0) is 42.1 Å². The van der Waals surface area contributed by atoms with Crippen molar-refractivity contribution in [3.63, 3.8) is 0 Å². The Morgan fingerprint density at radius 1 is 0.605 bits per heavy atom. The highest BCUT2D eigenvalue weighted by Gasteiger charge is 2.37. The van der Waals surface area contributed by atoms with Crippen LogP contribution in [0.4, 0.5) is 0 Å². The molecule has 0 amide bonds. The third-order valence-electron chi connectivity index (χ3n) is 7.66. The molecule has 0 saturated carbocycles. The lowest BCUT2D eigenvalue weighted by Gasteiger charge is -2.38. The molecule has 2 heterocycles. The van der Waals surface area contributed by atoms with Crippen LogP contribution in [0.3, 0.4) is 0 Å². The largest absolute Gasteiger partial charge is 0.466 e. The maximum absolute atomic E-state index is 12.1. The van der Waals surface area contributed by atoms with Crippen LogP contribution in [0.1, 0.15) is 64.2 Å². The Bertz CT molecular complexity index is 724. The van der Waals surface area contributed by atoms with Crippen molar-refractivity contribution in [1.82, 2.24) is 0 Å². The molecule has 43 heavy (non-hydrogen) atoms. The first-order valence-corrected chi connectivity index (χ1v) is 26.4. The fraction of sp³-hybridized carbons (Fsp3) is 0.935. The van der Waals surface area contributed by atoms with Gasteiger partial charge in [-0.2, -0.15) is 0 Å². The van der Waals surface area contributed by atoms with Crippen molar-refractivity contribution in [2.75, 3.05) is 52.9 Å². The van der Waals surface area contributed by atoms with Crippen molar-refractivity contribution in [3.8, 4) is 0 Å². The fourth-order valence-electron chi connectivity index (χ4n) is 5.66. The molecule has 2 fully saturated rings. The summed E-state index contributed by atoms with van der Waals surface area (Å²) in [5, 5.41) is 0. The summed E-state index contributed by atoms with van der Waals surface area (Å²) < 4.78 is 38.9. The number of epoxide rings is 2. The number of hydrogen-bond donors (Lipinski definition) is 0. The van der Waals surface area contributed by atoms with Gasteiger partial charge in [-0.1, -0.05) is 32.0 Å². The van der Waals surface area contributed by atoms with Crippen LogP contribution in [0.2, 0.25) is 57.0 Å². The Kier molecular flexibility index (Phi) is 18.4. The average molecular weight is 663 g/mol. The molecule has 2 unspecified atom stereocenters. The van der Waals surface area contributed by atoms with Gasteiger partial charge in [0.1, 0.15) is 12.2 Å². The SMILES string of the molecule is C[Si](C)(CCCCC(=O)OCCCCOCC1CO1)C[Si](C)(C)O[Si](C)(C)CCCCC(=O)OCCCCOCC1CO1. The molecule has 0 aromatic rings. The number of rotatable bonds is 28. The number of unbranched alkanes of at least 4 members (excludes halogenated alkanes) is 4. The minimum absolute atomic E-state index is 0.0773. The van der Waals surface area contributed by atoms with E-state index in [0.29, 0.717) is 64.7 Å². The van der Waals surface area contributed by atoms with Crippen molar-refractivity contribution < 1.29 is 42.1 Å². The molecule has 0 aromatic carbocycles. The van der Waals surface area contributed by atoms with Gasteiger partial charge < -0.3 is 32.5 Å². The van der Waals surface area contributed by atoms with Gasteiger partial charge in [-0.15, -0.1) is 0 Å². The second kappa shape index (κ2) is 20.5. The standard InChI is InChI=1S/C31H62O9Si3/c1-41(2,21-13-7-15-30(32)36-19-11-9-17-34-23-28-25-38-28)27-43(5,6)40-42(3,4)22-14-8-16-31(33)37-20-12-10-18-35-24-29-26-39-29/h28-29H,7-27H2,1-6H3. The Balaban J connectivity index is 1.47. The van der Waals surface area contributed by atoms with E-state index >= 15 is 0 Å². The number of carbonyl (C=O) groups is 2. The fourth-order valence-corrected chi connectivity index (χ4v) is 25.2. The summed E-state index contributed by atoms with van der Waals surface area (Å²) in [6.07, 6.45) is 8.95. The zero-order valence-electron chi connectivity index (χ0n) is 28.2. The van der Waals surface area contributed by atoms with Crippen LogP contribution >= 0.6 is 0 Å². The summed E-state index contributed by atoms with van der Waals surface area (Å²) in [5.41, 5.74) is 1.24. The van der Waals surface area contributed by atoms with Crippen LogP contribution in [0, 0.1) is 0 Å². The Morgan fingerprint density at radius 3 is 1.51 bits per heavy atom. The minimum Gasteiger partial charge on any atom is -0.466 e. The number of esters is 2. The highest BCUT2D eigenvalue weighted by molar-refractivity contribution is 6.96. The van der Waals surface area contributed by atoms with Gasteiger partial charge in [0.05, 0.1) is 39.6 Å². The smallest absolute Gasteiger partial charge is 0.305 e. The summed E-state index contributed by atoms with van der Waals surface area (Å²) in [5.74, 6) is -0.171. The second-order valence-corrected chi connectivity index (χ2v) is 28.9. The molecule has 12 heteroatoms. The Hall–Kier alpha value is -0.609. The molecular weight excluding hydrogens is 601 g/mol. The summed E-state index contributed by atoms with van der Waals surface area (Å²) in [4.78, 5) is 24.2. The topological polar surface area (TPSA) is 105 Å². The molecule has 2 aliphatic rings. The van der Waals surface area contributed by atoms with Crippen molar-refractivity contribution in [2.45, 2.75) is 133 Å². The van der Waals surface area contributed by atoms with Gasteiger partial charge in [0.2, 0.25) is 0 Å². The maximum Gasteiger partial charge on any atom is 0.305 e. The van der Waals surface area contributed by atoms with Gasteiger partial charge in [-0.25, -0.2) is 0 Å². The van der Waals surface area contributed by atoms with E-state index in [1.807, 2.05) is 0 Å². The van der Waals surface area contributed by atoms with Crippen molar-refractivity contribution in [3.05, 3.63) is 0 Å². The summed E-state index contributed by atoms with van der Waals surface area (Å²) >= 11 is 0.